The Hall–Kier alpha value is -2.82. The van der Waals surface area contributed by atoms with Crippen molar-refractivity contribution in [1.29, 1.82) is 0 Å². The lowest BCUT2D eigenvalue weighted by Crippen LogP contribution is -2.45. The summed E-state index contributed by atoms with van der Waals surface area (Å²) in [7, 11) is -4.13. The SMILES string of the molecule is CCOC(=O)[C@H](NS(=O)(=O)c1ccc(C)cc1)[C@@H](O)c1ccc([N+](=O)[O-])cc1. The van der Waals surface area contributed by atoms with Crippen molar-refractivity contribution >= 4 is 21.7 Å². The highest BCUT2D eigenvalue weighted by atomic mass is 32.2. The Morgan fingerprint density at radius 2 is 1.75 bits per heavy atom. The minimum Gasteiger partial charge on any atom is -0.465 e. The number of hydrogen-bond donors (Lipinski definition) is 2. The number of nitro benzene ring substituents is 1. The van der Waals surface area contributed by atoms with Crippen molar-refractivity contribution in [3.8, 4) is 0 Å². The molecule has 0 aliphatic rings. The zero-order valence-electron chi connectivity index (χ0n) is 15.2. The van der Waals surface area contributed by atoms with Crippen molar-refractivity contribution in [2.75, 3.05) is 6.61 Å². The van der Waals surface area contributed by atoms with Crippen molar-refractivity contribution in [2.45, 2.75) is 30.9 Å². The Kier molecular flexibility index (Phi) is 6.84. The number of ether oxygens (including phenoxy) is 1. The molecule has 0 aliphatic carbocycles. The molecular formula is C18H20N2O7S. The molecule has 0 unspecified atom stereocenters. The summed E-state index contributed by atoms with van der Waals surface area (Å²) < 4.78 is 32.3. The molecule has 28 heavy (non-hydrogen) atoms. The molecule has 0 amide bonds. The van der Waals surface area contributed by atoms with Crippen LogP contribution in [0.5, 0.6) is 0 Å². The second kappa shape index (κ2) is 8.91. The fourth-order valence-corrected chi connectivity index (χ4v) is 3.60. The summed E-state index contributed by atoms with van der Waals surface area (Å²) in [6.07, 6.45) is -1.61. The lowest BCUT2D eigenvalue weighted by molar-refractivity contribution is -0.384. The van der Waals surface area contributed by atoms with Gasteiger partial charge in [0.25, 0.3) is 5.69 Å². The van der Waals surface area contributed by atoms with E-state index in [1.165, 1.54) is 24.3 Å². The molecule has 0 aromatic heterocycles. The summed E-state index contributed by atoms with van der Waals surface area (Å²) in [4.78, 5) is 22.3. The molecule has 0 aliphatic heterocycles. The summed E-state index contributed by atoms with van der Waals surface area (Å²) in [6, 6.07) is 9.10. The summed E-state index contributed by atoms with van der Waals surface area (Å²) in [5, 5.41) is 21.3. The number of esters is 1. The maximum atomic E-state index is 12.6. The van der Waals surface area contributed by atoms with Crippen molar-refractivity contribution in [3.63, 3.8) is 0 Å². The van der Waals surface area contributed by atoms with Crippen LogP contribution >= 0.6 is 0 Å². The van der Waals surface area contributed by atoms with Gasteiger partial charge in [0.2, 0.25) is 10.0 Å². The van der Waals surface area contributed by atoms with E-state index in [4.69, 9.17) is 4.74 Å². The molecule has 9 nitrogen and oxygen atoms in total. The van der Waals surface area contributed by atoms with Crippen LogP contribution in [0.3, 0.4) is 0 Å². The number of aryl methyl sites for hydroxylation is 1. The first-order valence-electron chi connectivity index (χ1n) is 8.33. The topological polar surface area (TPSA) is 136 Å². The lowest BCUT2D eigenvalue weighted by Gasteiger charge is -2.22. The van der Waals surface area contributed by atoms with E-state index >= 15 is 0 Å². The smallest absolute Gasteiger partial charge is 0.327 e. The third kappa shape index (κ3) is 5.12. The van der Waals surface area contributed by atoms with Crippen LogP contribution in [0.2, 0.25) is 0 Å². The van der Waals surface area contributed by atoms with E-state index in [0.717, 1.165) is 17.7 Å². The molecule has 0 bridgehead atoms. The van der Waals surface area contributed by atoms with Gasteiger partial charge in [-0.05, 0) is 43.7 Å². The number of aliphatic hydroxyl groups excluding tert-OH is 1. The number of benzene rings is 2. The number of hydrogen-bond acceptors (Lipinski definition) is 7. The monoisotopic (exact) mass is 408 g/mol. The molecule has 2 aromatic rings. The van der Waals surface area contributed by atoms with Crippen molar-refractivity contribution < 1.29 is 28.0 Å². The molecule has 150 valence electrons. The zero-order chi connectivity index (χ0) is 20.9. The fourth-order valence-electron chi connectivity index (χ4n) is 2.41. The standard InChI is InChI=1S/C18H20N2O7S/c1-3-27-18(22)16(17(21)13-6-8-14(9-7-13)20(23)24)19-28(25,26)15-10-4-12(2)5-11-15/h4-11,16-17,19,21H,3H2,1-2H3/t16-,17+/m1/s1. The second-order valence-electron chi connectivity index (χ2n) is 5.96. The average Bonchev–Trinajstić information content (AvgIpc) is 2.66. The van der Waals surface area contributed by atoms with Gasteiger partial charge >= 0.3 is 5.97 Å². The van der Waals surface area contributed by atoms with E-state index in [2.05, 4.69) is 4.72 Å². The third-order valence-corrected chi connectivity index (χ3v) is 5.37. The maximum Gasteiger partial charge on any atom is 0.327 e. The maximum absolute atomic E-state index is 12.6. The van der Waals surface area contributed by atoms with Crippen molar-refractivity contribution in [3.05, 3.63) is 69.8 Å². The molecule has 0 heterocycles. The Morgan fingerprint density at radius 1 is 1.18 bits per heavy atom. The summed E-state index contributed by atoms with van der Waals surface area (Å²) in [5.41, 5.74) is 0.769. The number of carbonyl (C=O) groups excluding carboxylic acids is 1. The van der Waals surface area contributed by atoms with E-state index < -0.39 is 33.1 Å². The Bertz CT molecular complexity index is 941. The van der Waals surface area contributed by atoms with Gasteiger partial charge in [-0.2, -0.15) is 4.72 Å². The highest BCUT2D eigenvalue weighted by molar-refractivity contribution is 7.89. The first-order chi connectivity index (χ1) is 13.2. The summed E-state index contributed by atoms with van der Waals surface area (Å²) in [6.45, 7) is 3.32. The molecule has 0 saturated heterocycles. The first-order valence-corrected chi connectivity index (χ1v) is 9.82. The molecule has 0 spiro atoms. The number of sulfonamides is 1. The number of rotatable bonds is 8. The van der Waals surface area contributed by atoms with Gasteiger partial charge in [0, 0.05) is 12.1 Å². The first kappa shape index (κ1) is 21.5. The molecule has 10 heteroatoms. The van der Waals surface area contributed by atoms with Gasteiger partial charge < -0.3 is 9.84 Å². The highest BCUT2D eigenvalue weighted by Gasteiger charge is 2.34. The third-order valence-electron chi connectivity index (χ3n) is 3.92. The van der Waals surface area contributed by atoms with E-state index in [9.17, 15) is 28.4 Å². The van der Waals surface area contributed by atoms with Gasteiger partial charge in [0.05, 0.1) is 16.4 Å². The quantitative estimate of drug-likeness (QED) is 0.386. The number of carbonyl (C=O) groups is 1. The Labute approximate surface area is 162 Å². The predicted octanol–water partition coefficient (Wildman–Crippen LogP) is 1.85. The highest BCUT2D eigenvalue weighted by Crippen LogP contribution is 2.23. The Morgan fingerprint density at radius 3 is 2.25 bits per heavy atom. The number of non-ortho nitro benzene ring substituents is 1. The number of nitrogens with zero attached hydrogens (tertiary/aromatic N) is 1. The predicted molar refractivity (Wildman–Crippen MR) is 100.0 cm³/mol. The van der Waals surface area contributed by atoms with Crippen LogP contribution in [0.1, 0.15) is 24.2 Å². The van der Waals surface area contributed by atoms with E-state index in [1.54, 1.807) is 26.0 Å². The van der Waals surface area contributed by atoms with Gasteiger partial charge in [-0.15, -0.1) is 0 Å². The van der Waals surface area contributed by atoms with Gasteiger partial charge in [-0.1, -0.05) is 17.7 Å². The molecule has 2 rings (SSSR count). The lowest BCUT2D eigenvalue weighted by atomic mass is 10.0. The van der Waals surface area contributed by atoms with Gasteiger partial charge in [0.15, 0.2) is 0 Å². The van der Waals surface area contributed by atoms with Crippen LogP contribution in [0, 0.1) is 17.0 Å². The summed E-state index contributed by atoms with van der Waals surface area (Å²) in [5.74, 6) is -0.968. The van der Waals surface area contributed by atoms with Crippen LogP contribution in [0.4, 0.5) is 5.69 Å². The molecular weight excluding hydrogens is 388 g/mol. The largest absolute Gasteiger partial charge is 0.465 e. The molecule has 2 atom stereocenters. The van der Waals surface area contributed by atoms with Crippen LogP contribution in [-0.2, 0) is 19.6 Å². The zero-order valence-corrected chi connectivity index (χ0v) is 16.0. The fraction of sp³-hybridized carbons (Fsp3) is 0.278. The van der Waals surface area contributed by atoms with Gasteiger partial charge in [-0.25, -0.2) is 8.42 Å². The van der Waals surface area contributed by atoms with Gasteiger partial charge in [-0.3, -0.25) is 14.9 Å². The van der Waals surface area contributed by atoms with Crippen LogP contribution in [-0.4, -0.2) is 37.1 Å². The molecule has 2 aromatic carbocycles. The minimum atomic E-state index is -4.13. The van der Waals surface area contributed by atoms with Crippen molar-refractivity contribution in [1.82, 2.24) is 4.72 Å². The van der Waals surface area contributed by atoms with Crippen molar-refractivity contribution in [2.24, 2.45) is 0 Å². The minimum absolute atomic E-state index is 0.0193. The van der Waals surface area contributed by atoms with Gasteiger partial charge in [0.1, 0.15) is 12.1 Å². The molecule has 0 radical (unpaired) electrons. The number of nitro groups is 1. The summed E-state index contributed by atoms with van der Waals surface area (Å²) >= 11 is 0. The normalized spacial score (nSPS) is 13.5. The number of nitrogens with one attached hydrogen (secondary N) is 1. The van der Waals surface area contributed by atoms with E-state index in [0.29, 0.717) is 0 Å². The average molecular weight is 408 g/mol. The molecule has 0 fully saturated rings. The number of aliphatic hydroxyl groups is 1. The Balaban J connectivity index is 2.34. The van der Waals surface area contributed by atoms with Crippen LogP contribution < -0.4 is 4.72 Å². The van der Waals surface area contributed by atoms with E-state index in [-0.39, 0.29) is 22.8 Å². The molecule has 2 N–H and O–H groups in total. The second-order valence-corrected chi connectivity index (χ2v) is 7.67. The van der Waals surface area contributed by atoms with Crippen LogP contribution in [0.25, 0.3) is 0 Å². The molecule has 0 saturated carbocycles. The van der Waals surface area contributed by atoms with Crippen LogP contribution in [0.15, 0.2) is 53.4 Å². The van der Waals surface area contributed by atoms with E-state index in [1.807, 2.05) is 0 Å².